The van der Waals surface area contributed by atoms with Crippen molar-refractivity contribution in [2.45, 2.75) is 54.3 Å². The van der Waals surface area contributed by atoms with Crippen molar-refractivity contribution in [3.8, 4) is 0 Å². The molecule has 0 fully saturated rings. The minimum atomic E-state index is 0.291. The number of ketones is 1. The second kappa shape index (κ2) is 13.5. The molecule has 1 atom stereocenters. The number of pyridine rings is 2. The van der Waals surface area contributed by atoms with Gasteiger partial charge < -0.3 is 4.79 Å². The van der Waals surface area contributed by atoms with Crippen LogP contribution in [0.5, 0.6) is 0 Å². The molecule has 0 amide bonds. The number of hydrogen-bond donors (Lipinski definition) is 0. The van der Waals surface area contributed by atoms with Crippen molar-refractivity contribution in [1.82, 2.24) is 9.97 Å². The summed E-state index contributed by atoms with van der Waals surface area (Å²) in [7, 11) is 7.27. The Bertz CT molecular complexity index is 628. The zero-order chi connectivity index (χ0) is 18.5. The van der Waals surface area contributed by atoms with Crippen LogP contribution in [0.3, 0.4) is 0 Å². The lowest BCUT2D eigenvalue weighted by atomic mass is 10.1. The maximum absolute atomic E-state index is 11.1. The van der Waals surface area contributed by atoms with E-state index in [-0.39, 0.29) is 0 Å². The van der Waals surface area contributed by atoms with E-state index >= 15 is 0 Å². The van der Waals surface area contributed by atoms with E-state index in [1.54, 1.807) is 28.5 Å². The molecule has 2 aromatic rings. The molecule has 26 heavy (non-hydrogen) atoms. The van der Waals surface area contributed by atoms with Gasteiger partial charge >= 0.3 is 0 Å². The molecule has 2 rings (SSSR count). The Morgan fingerprint density at radius 2 is 1.65 bits per heavy atom. The van der Waals surface area contributed by atoms with Crippen LogP contribution in [0.25, 0.3) is 0 Å². The Morgan fingerprint density at radius 1 is 0.962 bits per heavy atom. The first-order valence-electron chi connectivity index (χ1n) is 8.68. The molecule has 0 saturated carbocycles. The second-order valence-electron chi connectivity index (χ2n) is 5.78. The third-order valence-corrected chi connectivity index (χ3v) is 8.69. The summed E-state index contributed by atoms with van der Waals surface area (Å²) in [5.41, 5.74) is 0. The zero-order valence-electron chi connectivity index (χ0n) is 14.9. The molecule has 2 aromatic heterocycles. The van der Waals surface area contributed by atoms with Crippen molar-refractivity contribution in [3.05, 3.63) is 48.8 Å². The predicted octanol–water partition coefficient (Wildman–Crippen LogP) is 6.57. The van der Waals surface area contributed by atoms with E-state index in [1.807, 2.05) is 64.3 Å². The molecule has 0 bridgehead atoms. The van der Waals surface area contributed by atoms with Crippen molar-refractivity contribution < 1.29 is 4.79 Å². The van der Waals surface area contributed by atoms with Gasteiger partial charge in [-0.25, -0.2) is 9.97 Å². The molecule has 0 aliphatic rings. The third kappa shape index (κ3) is 9.90. The van der Waals surface area contributed by atoms with Crippen LogP contribution < -0.4 is 0 Å². The fraction of sp³-hybridized carbons (Fsp3) is 0.421. The summed E-state index contributed by atoms with van der Waals surface area (Å²) >= 11 is 0. The van der Waals surface area contributed by atoms with Crippen molar-refractivity contribution in [1.29, 1.82) is 0 Å². The van der Waals surface area contributed by atoms with E-state index in [0.29, 0.717) is 17.5 Å². The van der Waals surface area contributed by atoms with Crippen LogP contribution in [-0.2, 0) is 4.79 Å². The quantitative estimate of drug-likeness (QED) is 0.266. The Balaban J connectivity index is 1.72. The highest BCUT2D eigenvalue weighted by Crippen LogP contribution is 2.38. The molecule has 0 N–H and O–H groups in total. The lowest BCUT2D eigenvalue weighted by Crippen LogP contribution is -2.03. The maximum atomic E-state index is 11.1. The highest BCUT2D eigenvalue weighted by Gasteiger charge is 2.12. The van der Waals surface area contributed by atoms with E-state index in [0.717, 1.165) is 41.5 Å². The van der Waals surface area contributed by atoms with E-state index in [1.165, 1.54) is 0 Å². The van der Waals surface area contributed by atoms with Gasteiger partial charge in [-0.2, -0.15) is 0 Å². The van der Waals surface area contributed by atoms with Gasteiger partial charge in [0, 0.05) is 29.8 Å². The highest BCUT2D eigenvalue weighted by molar-refractivity contribution is 8.77. The van der Waals surface area contributed by atoms with E-state index in [2.05, 4.69) is 16.0 Å². The molecule has 0 aliphatic heterocycles. The molecule has 3 nitrogen and oxygen atoms in total. The van der Waals surface area contributed by atoms with E-state index in [9.17, 15) is 4.79 Å². The van der Waals surface area contributed by atoms with Gasteiger partial charge in [0.25, 0.3) is 0 Å². The monoisotopic (exact) mass is 424 g/mol. The highest BCUT2D eigenvalue weighted by atomic mass is 33.1. The Labute approximate surface area is 172 Å². The molecule has 7 heteroatoms. The molecule has 1 unspecified atom stereocenters. The molecular weight excluding hydrogens is 400 g/mol. The summed E-state index contributed by atoms with van der Waals surface area (Å²) in [5, 5.41) is 2.69. The minimum Gasteiger partial charge on any atom is -0.300 e. The van der Waals surface area contributed by atoms with Crippen LogP contribution in [0.2, 0.25) is 0 Å². The van der Waals surface area contributed by atoms with E-state index in [4.69, 9.17) is 0 Å². The summed E-state index contributed by atoms with van der Waals surface area (Å²) in [6.45, 7) is 1.68. The normalized spacial score (nSPS) is 12.0. The fourth-order valence-electron chi connectivity index (χ4n) is 2.18. The van der Waals surface area contributed by atoms with E-state index < -0.39 is 0 Å². The molecule has 0 spiro atoms. The largest absolute Gasteiger partial charge is 0.300 e. The first kappa shape index (κ1) is 21.7. The average Bonchev–Trinajstić information content (AvgIpc) is 2.67. The number of nitrogens with zero attached hydrogens (tertiary/aromatic N) is 2. The van der Waals surface area contributed by atoms with Crippen LogP contribution in [0.4, 0.5) is 0 Å². The predicted molar refractivity (Wildman–Crippen MR) is 118 cm³/mol. The minimum absolute atomic E-state index is 0.291. The molecule has 2 heterocycles. The van der Waals surface area contributed by atoms with Gasteiger partial charge in [-0.05, 0) is 72.0 Å². The van der Waals surface area contributed by atoms with Gasteiger partial charge in [0.2, 0.25) is 0 Å². The second-order valence-corrected chi connectivity index (χ2v) is 10.7. The maximum Gasteiger partial charge on any atom is 0.129 e. The number of hydrogen-bond acceptors (Lipinski definition) is 7. The molecule has 0 saturated heterocycles. The standard InChI is InChI=1S/C19H24N2OS4/c1-16(22)8-2-3-9-17(24-26-19-11-5-7-14-21-19)12-15-23-25-18-10-4-6-13-20-18/h4-7,10-11,13-14,17H,2-3,8-9,12,15H2,1H3. The first-order chi connectivity index (χ1) is 12.7. The van der Waals surface area contributed by atoms with Crippen LogP contribution in [0.15, 0.2) is 58.8 Å². The Hall–Kier alpha value is -0.630. The van der Waals surface area contributed by atoms with Gasteiger partial charge in [-0.15, -0.1) is 0 Å². The summed E-state index contributed by atoms with van der Waals surface area (Å²) in [4.78, 5) is 19.8. The Morgan fingerprint density at radius 3 is 2.27 bits per heavy atom. The van der Waals surface area contributed by atoms with Gasteiger partial charge in [0.15, 0.2) is 0 Å². The topological polar surface area (TPSA) is 42.9 Å². The fourth-order valence-corrected chi connectivity index (χ4v) is 6.87. The summed E-state index contributed by atoms with van der Waals surface area (Å²) in [5.74, 6) is 1.38. The number of carbonyl (C=O) groups excluding carboxylic acids is 1. The van der Waals surface area contributed by atoms with Crippen LogP contribution >= 0.6 is 43.2 Å². The van der Waals surface area contributed by atoms with Gasteiger partial charge in [0.05, 0.1) is 0 Å². The molecular formula is C19H24N2OS4. The van der Waals surface area contributed by atoms with Crippen molar-refractivity contribution in [2.24, 2.45) is 0 Å². The van der Waals surface area contributed by atoms with Crippen LogP contribution in [0, 0.1) is 0 Å². The lowest BCUT2D eigenvalue weighted by Gasteiger charge is -2.15. The number of carbonyl (C=O) groups is 1. The smallest absolute Gasteiger partial charge is 0.129 e. The lowest BCUT2D eigenvalue weighted by molar-refractivity contribution is -0.117. The number of Topliss-reactive ketones (excluding diaryl/α,β-unsaturated/α-hetero) is 1. The summed E-state index contributed by atoms with van der Waals surface area (Å²) in [6.07, 6.45) is 8.77. The zero-order valence-corrected chi connectivity index (χ0v) is 18.1. The molecule has 140 valence electrons. The molecule has 0 radical (unpaired) electrons. The molecule has 0 aliphatic carbocycles. The van der Waals surface area contributed by atoms with Crippen molar-refractivity contribution in [3.63, 3.8) is 0 Å². The molecule has 0 aromatic carbocycles. The van der Waals surface area contributed by atoms with Crippen LogP contribution in [-0.4, -0.2) is 26.8 Å². The number of rotatable bonds is 13. The van der Waals surface area contributed by atoms with Gasteiger partial charge in [0.1, 0.15) is 15.8 Å². The average molecular weight is 425 g/mol. The Kier molecular flexibility index (Phi) is 11.3. The van der Waals surface area contributed by atoms with Crippen molar-refractivity contribution >= 4 is 49.0 Å². The third-order valence-electron chi connectivity index (χ3n) is 3.52. The summed E-state index contributed by atoms with van der Waals surface area (Å²) in [6, 6.07) is 12.0. The number of unbranched alkanes of at least 4 members (excludes halogenated alkanes) is 1. The SMILES string of the molecule is CC(=O)CCCCC(CCSSc1ccccn1)SSc1ccccn1. The summed E-state index contributed by atoms with van der Waals surface area (Å²) < 4.78 is 0. The van der Waals surface area contributed by atoms with Crippen LogP contribution in [0.1, 0.15) is 39.0 Å². The van der Waals surface area contributed by atoms with Gasteiger partial charge in [-0.1, -0.05) is 40.1 Å². The van der Waals surface area contributed by atoms with Crippen molar-refractivity contribution in [2.75, 3.05) is 5.75 Å². The number of aromatic nitrogens is 2. The van der Waals surface area contributed by atoms with Gasteiger partial charge in [-0.3, -0.25) is 0 Å². The first-order valence-corrected chi connectivity index (χ1v) is 13.2.